The maximum absolute atomic E-state index is 12.4. The fraction of sp³-hybridized carbons (Fsp3) is 0.182. The molecule has 0 radical (unpaired) electrons. The van der Waals surface area contributed by atoms with Crippen LogP contribution in [0.1, 0.15) is 17.5 Å². The second-order valence-corrected chi connectivity index (χ2v) is 3.31. The summed E-state index contributed by atoms with van der Waals surface area (Å²) in [5.41, 5.74) is -0.883. The van der Waals surface area contributed by atoms with Crippen LogP contribution in [0.15, 0.2) is 24.3 Å². The molecule has 1 aromatic rings. The van der Waals surface area contributed by atoms with Gasteiger partial charge < -0.3 is 10.2 Å². The third-order valence-corrected chi connectivity index (χ3v) is 1.87. The van der Waals surface area contributed by atoms with Crippen molar-refractivity contribution in [2.24, 2.45) is 0 Å². The lowest BCUT2D eigenvalue weighted by Gasteiger charge is -2.08. The second kappa shape index (κ2) is 4.90. The molecule has 6 heteroatoms. The molecule has 0 aliphatic carbocycles. The number of hydrogen-bond donors (Lipinski definition) is 2. The van der Waals surface area contributed by atoms with Gasteiger partial charge >= 0.3 is 12.1 Å². The second-order valence-electron chi connectivity index (χ2n) is 3.31. The lowest BCUT2D eigenvalue weighted by molar-refractivity contribution is -0.138. The Morgan fingerprint density at radius 3 is 2.47 bits per heavy atom. The molecule has 92 valence electrons. The highest BCUT2D eigenvalue weighted by atomic mass is 19.4. The third kappa shape index (κ3) is 4.18. The number of hydrogen-bond acceptors (Lipinski definition) is 2. The number of benzene rings is 1. The molecule has 0 atom stereocenters. The van der Waals surface area contributed by atoms with Crippen LogP contribution >= 0.6 is 0 Å². The highest BCUT2D eigenvalue weighted by molar-refractivity contribution is 5.70. The summed E-state index contributed by atoms with van der Waals surface area (Å²) in [6.07, 6.45) is -2.43. The molecule has 1 rings (SSSR count). The minimum Gasteiger partial charge on any atom is -0.508 e. The highest BCUT2D eigenvalue weighted by Crippen LogP contribution is 2.32. The zero-order valence-electron chi connectivity index (χ0n) is 8.53. The van der Waals surface area contributed by atoms with Crippen LogP contribution in [0.5, 0.6) is 5.75 Å². The smallest absolute Gasteiger partial charge is 0.416 e. The van der Waals surface area contributed by atoms with Gasteiger partial charge in [0, 0.05) is 0 Å². The summed E-state index contributed by atoms with van der Waals surface area (Å²) in [6.45, 7) is 0. The van der Waals surface area contributed by atoms with E-state index in [1.807, 2.05) is 0 Å². The van der Waals surface area contributed by atoms with Crippen molar-refractivity contribution < 1.29 is 28.2 Å². The van der Waals surface area contributed by atoms with Gasteiger partial charge in [-0.25, -0.2) is 0 Å². The van der Waals surface area contributed by atoms with Crippen LogP contribution in [0.3, 0.4) is 0 Å². The molecule has 0 aliphatic heterocycles. The number of phenols is 1. The molecule has 2 N–H and O–H groups in total. The van der Waals surface area contributed by atoms with Crippen molar-refractivity contribution in [3.8, 4) is 5.75 Å². The Kier molecular flexibility index (Phi) is 3.77. The van der Waals surface area contributed by atoms with E-state index in [1.54, 1.807) is 0 Å². The monoisotopic (exact) mass is 246 g/mol. The van der Waals surface area contributed by atoms with Gasteiger partial charge in [0.2, 0.25) is 0 Å². The average molecular weight is 246 g/mol. The zero-order chi connectivity index (χ0) is 13.1. The predicted octanol–water partition coefficient (Wildman–Crippen LogP) is 2.90. The van der Waals surface area contributed by atoms with Gasteiger partial charge in [-0.15, -0.1) is 0 Å². The molecule has 0 spiro atoms. The average Bonchev–Trinajstić information content (AvgIpc) is 2.14. The molecule has 0 saturated heterocycles. The SMILES string of the molecule is O=C(O)CC=Cc1cc(O)cc(C(F)(F)F)c1. The zero-order valence-corrected chi connectivity index (χ0v) is 8.53. The molecule has 0 aliphatic rings. The van der Waals surface area contributed by atoms with E-state index in [-0.39, 0.29) is 12.0 Å². The Labute approximate surface area is 94.8 Å². The van der Waals surface area contributed by atoms with E-state index >= 15 is 0 Å². The Balaban J connectivity index is 2.98. The number of aromatic hydroxyl groups is 1. The van der Waals surface area contributed by atoms with E-state index in [0.717, 1.165) is 12.1 Å². The van der Waals surface area contributed by atoms with Gasteiger partial charge in [0.1, 0.15) is 5.75 Å². The molecular formula is C11H9F3O3. The summed E-state index contributed by atoms with van der Waals surface area (Å²) in [4.78, 5) is 10.2. The number of carboxylic acids is 1. The molecule has 3 nitrogen and oxygen atoms in total. The number of halogens is 3. The van der Waals surface area contributed by atoms with E-state index in [0.29, 0.717) is 6.07 Å². The van der Waals surface area contributed by atoms with Crippen molar-refractivity contribution in [2.45, 2.75) is 12.6 Å². The summed E-state index contributed by atoms with van der Waals surface area (Å²) in [5, 5.41) is 17.5. The molecule has 0 unspecified atom stereocenters. The van der Waals surface area contributed by atoms with E-state index in [9.17, 15) is 18.0 Å². The minimum atomic E-state index is -4.55. The van der Waals surface area contributed by atoms with Gasteiger partial charge in [0.25, 0.3) is 0 Å². The van der Waals surface area contributed by atoms with Crippen molar-refractivity contribution in [3.05, 3.63) is 35.4 Å². The lowest BCUT2D eigenvalue weighted by Crippen LogP contribution is -2.04. The van der Waals surface area contributed by atoms with Crippen molar-refractivity contribution in [3.63, 3.8) is 0 Å². The topological polar surface area (TPSA) is 57.5 Å². The molecule has 0 aromatic heterocycles. The minimum absolute atomic E-state index is 0.0959. The number of rotatable bonds is 3. The summed E-state index contributed by atoms with van der Waals surface area (Å²) < 4.78 is 37.1. The molecule has 0 saturated carbocycles. The molecular weight excluding hydrogens is 237 g/mol. The highest BCUT2D eigenvalue weighted by Gasteiger charge is 2.31. The number of carbonyl (C=O) groups is 1. The normalized spacial score (nSPS) is 11.9. The first-order valence-corrected chi connectivity index (χ1v) is 4.58. The third-order valence-electron chi connectivity index (χ3n) is 1.87. The van der Waals surface area contributed by atoms with Crippen molar-refractivity contribution >= 4 is 12.0 Å². The Hall–Kier alpha value is -1.98. The lowest BCUT2D eigenvalue weighted by atomic mass is 10.1. The molecule has 0 heterocycles. The first-order valence-electron chi connectivity index (χ1n) is 4.58. The maximum atomic E-state index is 12.4. The Morgan fingerprint density at radius 2 is 1.94 bits per heavy atom. The molecule has 1 aromatic carbocycles. The van der Waals surface area contributed by atoms with E-state index in [1.165, 1.54) is 12.2 Å². The number of carboxylic acid groups (broad SMARTS) is 1. The number of alkyl halides is 3. The molecule has 0 bridgehead atoms. The van der Waals surface area contributed by atoms with Crippen LogP contribution in [0.4, 0.5) is 13.2 Å². The summed E-state index contributed by atoms with van der Waals surface area (Å²) >= 11 is 0. The van der Waals surface area contributed by atoms with Gasteiger partial charge in [0.15, 0.2) is 0 Å². The van der Waals surface area contributed by atoms with Crippen molar-refractivity contribution in [1.29, 1.82) is 0 Å². The van der Waals surface area contributed by atoms with Crippen molar-refractivity contribution in [1.82, 2.24) is 0 Å². The number of aliphatic carboxylic acids is 1. The van der Waals surface area contributed by atoms with Crippen LogP contribution < -0.4 is 0 Å². The molecule has 0 amide bonds. The fourth-order valence-corrected chi connectivity index (χ4v) is 1.19. The van der Waals surface area contributed by atoms with Crippen molar-refractivity contribution in [2.75, 3.05) is 0 Å². The fourth-order valence-electron chi connectivity index (χ4n) is 1.19. The molecule has 0 fully saturated rings. The number of phenolic OH excluding ortho intramolecular Hbond substituents is 1. The Morgan fingerprint density at radius 1 is 1.29 bits per heavy atom. The van der Waals surface area contributed by atoms with E-state index < -0.39 is 23.5 Å². The van der Waals surface area contributed by atoms with E-state index in [2.05, 4.69) is 0 Å². The standard InChI is InChI=1S/C11H9F3O3/c12-11(13,14)8-4-7(5-9(15)6-8)2-1-3-10(16)17/h1-2,4-6,15H,3H2,(H,16,17). The van der Waals surface area contributed by atoms with Crippen LogP contribution in [0.2, 0.25) is 0 Å². The first kappa shape index (κ1) is 13.1. The van der Waals surface area contributed by atoms with Gasteiger partial charge in [-0.1, -0.05) is 12.2 Å². The van der Waals surface area contributed by atoms with E-state index in [4.69, 9.17) is 10.2 Å². The van der Waals surface area contributed by atoms with Gasteiger partial charge in [-0.3, -0.25) is 4.79 Å². The summed E-state index contributed by atoms with van der Waals surface area (Å²) in [7, 11) is 0. The Bertz CT molecular complexity index is 450. The summed E-state index contributed by atoms with van der Waals surface area (Å²) in [5.74, 6) is -1.60. The van der Waals surface area contributed by atoms with Gasteiger partial charge in [-0.05, 0) is 23.8 Å². The predicted molar refractivity (Wildman–Crippen MR) is 54.4 cm³/mol. The maximum Gasteiger partial charge on any atom is 0.416 e. The van der Waals surface area contributed by atoms with Crippen LogP contribution in [-0.2, 0) is 11.0 Å². The molecule has 17 heavy (non-hydrogen) atoms. The first-order chi connectivity index (χ1) is 7.79. The van der Waals surface area contributed by atoms with Gasteiger partial charge in [0.05, 0.1) is 12.0 Å². The quantitative estimate of drug-likeness (QED) is 0.862. The van der Waals surface area contributed by atoms with Gasteiger partial charge in [-0.2, -0.15) is 13.2 Å². The van der Waals surface area contributed by atoms with Crippen LogP contribution in [0, 0.1) is 0 Å². The van der Waals surface area contributed by atoms with Crippen LogP contribution in [0.25, 0.3) is 6.08 Å². The summed E-state index contributed by atoms with van der Waals surface area (Å²) in [6, 6.07) is 2.56. The van der Waals surface area contributed by atoms with Crippen LogP contribution in [-0.4, -0.2) is 16.2 Å². The largest absolute Gasteiger partial charge is 0.508 e.